The summed E-state index contributed by atoms with van der Waals surface area (Å²) in [5, 5.41) is 11.6. The van der Waals surface area contributed by atoms with Gasteiger partial charge in [-0.3, -0.25) is 47.9 Å². The molecule has 0 saturated carbocycles. The topological polar surface area (TPSA) is 232 Å². The van der Waals surface area contributed by atoms with Gasteiger partial charge in [0.05, 0.1) is 31.0 Å². The number of carbonyl (C=O) groups is 10. The molecule has 19 heteroatoms. The average Bonchev–Trinajstić information content (AvgIpc) is 4.28. The molecule has 4 aromatic carbocycles. The second kappa shape index (κ2) is 29.2. The van der Waals surface area contributed by atoms with Gasteiger partial charge in [0, 0.05) is 136 Å². The highest BCUT2D eigenvalue weighted by atomic mass is 35.5. The molecule has 0 fully saturated rings. The van der Waals surface area contributed by atoms with Crippen LogP contribution in [-0.4, -0.2) is 122 Å². The van der Waals surface area contributed by atoms with Gasteiger partial charge in [0.25, 0.3) is 0 Å². The Morgan fingerprint density at radius 2 is 0.988 bits per heavy atom. The zero-order valence-electron chi connectivity index (χ0n) is 46.4. The second-order valence-corrected chi connectivity index (χ2v) is 22.0. The lowest BCUT2D eigenvalue weighted by atomic mass is 9.88. The van der Waals surface area contributed by atoms with Crippen LogP contribution in [-0.2, 0) is 63.8 Å². The third kappa shape index (κ3) is 16.0. The summed E-state index contributed by atoms with van der Waals surface area (Å²) in [5.74, 6) is -0.243. The number of alkyl halides is 2. The molecular weight excluding hydrogens is 1080 g/mol. The lowest BCUT2D eigenvalue weighted by molar-refractivity contribution is -0.130. The molecule has 3 N–H and O–H groups in total. The second-order valence-electron chi connectivity index (χ2n) is 21.4. The first-order chi connectivity index (χ1) is 38.9. The number of hydrogen-bond donors (Lipinski definition) is 3. The molecule has 0 aliphatic carbocycles. The van der Waals surface area contributed by atoms with Crippen molar-refractivity contribution in [2.75, 3.05) is 66.4 Å². The fourth-order valence-electron chi connectivity index (χ4n) is 10.6. The quantitative estimate of drug-likeness (QED) is 0.0986. The average molecular weight is 1150 g/mol. The molecule has 17 nitrogen and oxygen atoms in total. The highest BCUT2D eigenvalue weighted by molar-refractivity contribution is 6.20. The third-order valence-corrected chi connectivity index (χ3v) is 15.9. The summed E-state index contributed by atoms with van der Waals surface area (Å²) in [6.45, 7) is 7.40. The van der Waals surface area contributed by atoms with Crippen LogP contribution in [0.15, 0.2) is 60.7 Å². The van der Waals surface area contributed by atoms with Crippen molar-refractivity contribution in [3.63, 3.8) is 0 Å². The SMILES string of the molecule is CC1CC(=O)C(C)NC(=O)CCOCCCC(=O)C#CC(=O)CCCOCCC(=O)NC(C)C(=O)CC(C)C(=O)Nc2cc3c(c4ccccc24)[C@H](CCl)CN3C(=O)CCCC(=O)N2C[C@@H](CCl)c3c2cc(c2ccccc32)CC1=O. The molecule has 4 unspecified atom stereocenters. The summed E-state index contributed by atoms with van der Waals surface area (Å²) in [7, 11) is 0. The maximum Gasteiger partial charge on any atom is 0.227 e. The Bertz CT molecular complexity index is 2950. The fourth-order valence-corrected chi connectivity index (χ4v) is 11.1. The van der Waals surface area contributed by atoms with Crippen molar-refractivity contribution in [2.24, 2.45) is 11.8 Å². The summed E-state index contributed by atoms with van der Waals surface area (Å²) in [5.41, 5.74) is 4.12. The minimum absolute atomic E-state index is 0.0192. The smallest absolute Gasteiger partial charge is 0.227 e. The molecular formula is C62H71Cl2N5O12. The van der Waals surface area contributed by atoms with E-state index in [1.54, 1.807) is 43.6 Å². The highest BCUT2D eigenvalue weighted by Crippen LogP contribution is 2.46. The largest absolute Gasteiger partial charge is 0.381 e. The molecule has 3 aliphatic heterocycles. The van der Waals surface area contributed by atoms with E-state index in [0.717, 1.165) is 32.7 Å². The molecule has 81 heavy (non-hydrogen) atoms. The van der Waals surface area contributed by atoms with Crippen LogP contribution in [0.1, 0.15) is 127 Å². The maximum absolute atomic E-state index is 14.3. The van der Waals surface area contributed by atoms with Gasteiger partial charge < -0.3 is 35.2 Å². The molecule has 0 saturated heterocycles. The number of hydrogen-bond acceptors (Lipinski definition) is 12. The maximum atomic E-state index is 14.3. The summed E-state index contributed by atoms with van der Waals surface area (Å²) < 4.78 is 11.0. The Kier molecular flexibility index (Phi) is 22.3. The van der Waals surface area contributed by atoms with Gasteiger partial charge >= 0.3 is 0 Å². The lowest BCUT2D eigenvalue weighted by Crippen LogP contribution is -2.40. The molecule has 430 valence electrons. The van der Waals surface area contributed by atoms with E-state index < -0.39 is 53.2 Å². The van der Waals surface area contributed by atoms with Crippen molar-refractivity contribution in [1.29, 1.82) is 0 Å². The number of Topliss-reactive ketones (excluding diaryl/α,β-unsaturated/α-hetero) is 5. The van der Waals surface area contributed by atoms with Crippen LogP contribution in [0.3, 0.4) is 0 Å². The molecule has 3 aliphatic rings. The van der Waals surface area contributed by atoms with Crippen LogP contribution < -0.4 is 25.8 Å². The molecule has 7 rings (SSSR count). The Hall–Kier alpha value is -6.84. The van der Waals surface area contributed by atoms with Gasteiger partial charge in [-0.05, 0) is 89.9 Å². The van der Waals surface area contributed by atoms with Crippen molar-refractivity contribution >= 4 is 120 Å². The van der Waals surface area contributed by atoms with Gasteiger partial charge in [0.2, 0.25) is 41.1 Å². The minimum Gasteiger partial charge on any atom is -0.381 e. The molecule has 0 radical (unpaired) electrons. The molecule has 5 amide bonds. The van der Waals surface area contributed by atoms with Gasteiger partial charge in [-0.15, -0.1) is 23.2 Å². The van der Waals surface area contributed by atoms with Crippen LogP contribution in [0.2, 0.25) is 0 Å². The number of fused-ring (bicyclic) bond motifs is 8. The Morgan fingerprint density at radius 1 is 0.531 bits per heavy atom. The van der Waals surface area contributed by atoms with Crippen molar-refractivity contribution in [3.8, 4) is 11.8 Å². The van der Waals surface area contributed by atoms with Crippen molar-refractivity contribution in [3.05, 3.63) is 77.4 Å². The van der Waals surface area contributed by atoms with Crippen molar-refractivity contribution in [2.45, 2.75) is 129 Å². The number of carbonyl (C=O) groups excluding carboxylic acids is 10. The summed E-state index contributed by atoms with van der Waals surface area (Å²) >= 11 is 13.2. The van der Waals surface area contributed by atoms with Gasteiger partial charge in [-0.2, -0.15) is 0 Å². The Labute approximate surface area is 482 Å². The number of benzene rings is 4. The zero-order chi connectivity index (χ0) is 58.3. The monoisotopic (exact) mass is 1150 g/mol. The summed E-state index contributed by atoms with van der Waals surface area (Å²) in [4.78, 5) is 136. The number of anilines is 3. The van der Waals surface area contributed by atoms with Gasteiger partial charge in [-0.1, -0.05) is 62.4 Å². The third-order valence-electron chi connectivity index (χ3n) is 15.2. The van der Waals surface area contributed by atoms with Crippen molar-refractivity contribution in [1.82, 2.24) is 10.6 Å². The number of nitrogens with zero attached hydrogens (tertiary/aromatic N) is 2. The predicted molar refractivity (Wildman–Crippen MR) is 311 cm³/mol. The first-order valence-electron chi connectivity index (χ1n) is 27.9. The molecule has 0 aromatic heterocycles. The predicted octanol–water partition coefficient (Wildman–Crippen LogP) is 7.98. The molecule has 3 heterocycles. The van der Waals surface area contributed by atoms with Crippen LogP contribution in [0.5, 0.6) is 0 Å². The fraction of sp³-hybridized carbons (Fsp3) is 0.484. The van der Waals surface area contributed by atoms with Gasteiger partial charge in [0.1, 0.15) is 5.78 Å². The molecule has 4 bridgehead atoms. The van der Waals surface area contributed by atoms with Crippen LogP contribution in [0.25, 0.3) is 21.5 Å². The zero-order valence-corrected chi connectivity index (χ0v) is 47.9. The minimum atomic E-state index is -0.894. The van der Waals surface area contributed by atoms with Gasteiger partial charge in [-0.25, -0.2) is 0 Å². The Balaban J connectivity index is 1.07. The number of rotatable bonds is 2. The van der Waals surface area contributed by atoms with E-state index in [0.29, 0.717) is 42.0 Å². The van der Waals surface area contributed by atoms with E-state index in [4.69, 9.17) is 32.7 Å². The van der Waals surface area contributed by atoms with E-state index in [2.05, 4.69) is 27.8 Å². The van der Waals surface area contributed by atoms with Crippen LogP contribution in [0.4, 0.5) is 17.1 Å². The molecule has 6 atom stereocenters. The van der Waals surface area contributed by atoms with E-state index in [1.165, 1.54) is 0 Å². The lowest BCUT2D eigenvalue weighted by Gasteiger charge is -2.22. The number of ether oxygens (including phenoxy) is 2. The number of nitrogens with one attached hydrogen (secondary N) is 3. The van der Waals surface area contributed by atoms with Crippen LogP contribution in [0, 0.1) is 23.7 Å². The normalized spacial score (nSPS) is 24.0. The van der Waals surface area contributed by atoms with Gasteiger partial charge in [0.15, 0.2) is 11.6 Å². The number of amides is 5. The molecule has 4 aromatic rings. The Morgan fingerprint density at radius 3 is 1.49 bits per heavy atom. The number of halogens is 2. The van der Waals surface area contributed by atoms with E-state index in [1.807, 2.05) is 54.6 Å². The molecule has 0 spiro atoms. The van der Waals surface area contributed by atoms with E-state index in [9.17, 15) is 47.9 Å². The van der Waals surface area contributed by atoms with E-state index >= 15 is 0 Å². The summed E-state index contributed by atoms with van der Waals surface area (Å²) in [6.07, 6.45) is 0.608. The number of ketones is 5. The first kappa shape index (κ1) is 61.8. The summed E-state index contributed by atoms with van der Waals surface area (Å²) in [6, 6.07) is 17.0. The van der Waals surface area contributed by atoms with Crippen molar-refractivity contribution < 1.29 is 57.4 Å². The van der Waals surface area contributed by atoms with E-state index in [-0.39, 0.29) is 150 Å². The first-order valence-corrected chi connectivity index (χ1v) is 29.0. The van der Waals surface area contributed by atoms with Crippen LogP contribution >= 0.6 is 23.2 Å². The highest BCUT2D eigenvalue weighted by Gasteiger charge is 2.37. The standard InChI is InChI=1S/C62H71Cl2N5O12/c1-37-28-54(73)39(3)65-56(75)22-26-80-24-10-12-44(70)20-21-45(71)13-11-25-81-27-23-57(76)66-40(4)55(74)29-38(2)62(79)67-50-32-52-61(49-17-8-6-15-47(49)50)43(34-64)36-69(52)59(78)19-9-18-58(77)68-35-42(33-63)60-48-16-7-5-14-46(48)41(30-51(60)68)31-53(37)72/h5-8,14-17,30,32,37-40,42-43H,9-13,18-19,22-29,31,33-36H2,1-4H3,(H,65,75)(H,66,76)(H,67,79)/t37?,38?,39?,40?,42-,43-/m1/s1.